The molecule has 0 aromatic carbocycles. The summed E-state index contributed by atoms with van der Waals surface area (Å²) >= 11 is 0. The van der Waals surface area contributed by atoms with Gasteiger partial charge in [0.25, 0.3) is 0 Å². The van der Waals surface area contributed by atoms with E-state index in [1.54, 1.807) is 0 Å². The molecule has 6 heteroatoms. The monoisotopic (exact) mass is 221 g/mol. The summed E-state index contributed by atoms with van der Waals surface area (Å²) in [5.41, 5.74) is 6.16. The van der Waals surface area contributed by atoms with E-state index in [2.05, 4.69) is 20.6 Å². The summed E-state index contributed by atoms with van der Waals surface area (Å²) in [6.45, 7) is 1.19. The quantitative estimate of drug-likeness (QED) is 0.608. The van der Waals surface area contributed by atoms with Gasteiger partial charge in [0.2, 0.25) is 5.91 Å². The summed E-state index contributed by atoms with van der Waals surface area (Å²) < 4.78 is 0. The van der Waals surface area contributed by atoms with Crippen molar-refractivity contribution in [2.75, 3.05) is 24.1 Å². The third-order valence-electron chi connectivity index (χ3n) is 2.41. The van der Waals surface area contributed by atoms with Gasteiger partial charge in [-0.2, -0.15) is 0 Å². The molecule has 1 aliphatic rings. The van der Waals surface area contributed by atoms with Crippen LogP contribution in [0.25, 0.3) is 0 Å². The van der Waals surface area contributed by atoms with Crippen LogP contribution >= 0.6 is 0 Å². The van der Waals surface area contributed by atoms with Gasteiger partial charge in [0.05, 0.1) is 11.9 Å². The maximum Gasteiger partial charge on any atom is 0.223 e. The van der Waals surface area contributed by atoms with Gasteiger partial charge in [-0.25, -0.2) is 9.97 Å². The molecule has 4 N–H and O–H groups in total. The fraction of sp³-hybridized carbons (Fsp3) is 0.500. The molecule has 1 aromatic heterocycles. The number of nitrogens with two attached hydrogens (primary N) is 1. The summed E-state index contributed by atoms with van der Waals surface area (Å²) in [7, 11) is 0. The Labute approximate surface area is 93.7 Å². The number of carbonyl (C=O) groups excluding carboxylic acids is 1. The van der Waals surface area contributed by atoms with E-state index in [1.165, 1.54) is 12.5 Å². The average Bonchev–Trinajstić information content (AvgIpc) is 3.10. The number of nitrogens with one attached hydrogen (secondary N) is 2. The van der Waals surface area contributed by atoms with Crippen LogP contribution in [0.15, 0.2) is 12.5 Å². The van der Waals surface area contributed by atoms with Crippen molar-refractivity contribution in [3.05, 3.63) is 12.5 Å². The summed E-state index contributed by atoms with van der Waals surface area (Å²) in [5.74, 6) is 1.01. The van der Waals surface area contributed by atoms with Crippen molar-refractivity contribution in [3.8, 4) is 0 Å². The Balaban J connectivity index is 1.67. The second-order valence-electron chi connectivity index (χ2n) is 3.82. The largest absolute Gasteiger partial charge is 0.394 e. The van der Waals surface area contributed by atoms with Gasteiger partial charge in [-0.05, 0) is 12.8 Å². The lowest BCUT2D eigenvalue weighted by Crippen LogP contribution is -2.30. The SMILES string of the molecule is Nc1cncnc1NCCNC(=O)C1CC1. The first-order valence-electron chi connectivity index (χ1n) is 5.34. The summed E-state index contributed by atoms with van der Waals surface area (Å²) in [4.78, 5) is 19.1. The fourth-order valence-electron chi connectivity index (χ4n) is 1.34. The molecular weight excluding hydrogens is 206 g/mol. The van der Waals surface area contributed by atoms with E-state index >= 15 is 0 Å². The second-order valence-corrected chi connectivity index (χ2v) is 3.82. The topological polar surface area (TPSA) is 92.9 Å². The van der Waals surface area contributed by atoms with Crippen LogP contribution in [0.1, 0.15) is 12.8 Å². The number of nitrogen functional groups attached to an aromatic ring is 1. The van der Waals surface area contributed by atoms with Crippen LogP contribution in [-0.4, -0.2) is 29.0 Å². The van der Waals surface area contributed by atoms with Crippen LogP contribution in [0.4, 0.5) is 11.5 Å². The molecule has 1 fully saturated rings. The maximum absolute atomic E-state index is 11.3. The number of carbonyl (C=O) groups is 1. The van der Waals surface area contributed by atoms with Crippen molar-refractivity contribution in [1.82, 2.24) is 15.3 Å². The fourth-order valence-corrected chi connectivity index (χ4v) is 1.34. The number of hydrogen-bond donors (Lipinski definition) is 3. The maximum atomic E-state index is 11.3. The first kappa shape index (κ1) is 10.7. The molecule has 0 saturated heterocycles. The standard InChI is InChI=1S/C10H15N5O/c11-8-5-12-6-15-9(8)13-3-4-14-10(16)7-1-2-7/h5-7H,1-4,11H2,(H,14,16)(H,12,13,15). The van der Waals surface area contributed by atoms with Crippen LogP contribution in [0.2, 0.25) is 0 Å². The Morgan fingerprint density at radius 3 is 3.00 bits per heavy atom. The van der Waals surface area contributed by atoms with E-state index in [1.807, 2.05) is 0 Å². The third kappa shape index (κ3) is 2.82. The molecule has 6 nitrogen and oxygen atoms in total. The molecular formula is C10H15N5O. The number of amides is 1. The number of anilines is 2. The van der Waals surface area contributed by atoms with E-state index < -0.39 is 0 Å². The molecule has 1 heterocycles. The van der Waals surface area contributed by atoms with Crippen LogP contribution in [0, 0.1) is 5.92 Å². The number of aromatic nitrogens is 2. The minimum atomic E-state index is 0.150. The lowest BCUT2D eigenvalue weighted by molar-refractivity contribution is -0.122. The number of nitrogens with zero attached hydrogens (tertiary/aromatic N) is 2. The minimum Gasteiger partial charge on any atom is -0.394 e. The van der Waals surface area contributed by atoms with Gasteiger partial charge >= 0.3 is 0 Å². The highest BCUT2D eigenvalue weighted by Crippen LogP contribution is 2.28. The molecule has 1 saturated carbocycles. The van der Waals surface area contributed by atoms with Gasteiger partial charge in [-0.3, -0.25) is 4.79 Å². The average molecular weight is 221 g/mol. The van der Waals surface area contributed by atoms with Crippen molar-refractivity contribution in [2.45, 2.75) is 12.8 Å². The third-order valence-corrected chi connectivity index (χ3v) is 2.41. The van der Waals surface area contributed by atoms with Gasteiger partial charge < -0.3 is 16.4 Å². The van der Waals surface area contributed by atoms with Gasteiger partial charge in [-0.15, -0.1) is 0 Å². The molecule has 1 aliphatic carbocycles. The Morgan fingerprint density at radius 1 is 1.50 bits per heavy atom. The van der Waals surface area contributed by atoms with Gasteiger partial charge in [0, 0.05) is 19.0 Å². The molecule has 16 heavy (non-hydrogen) atoms. The molecule has 0 aliphatic heterocycles. The van der Waals surface area contributed by atoms with Gasteiger partial charge in [-0.1, -0.05) is 0 Å². The van der Waals surface area contributed by atoms with E-state index in [0.29, 0.717) is 24.6 Å². The van der Waals surface area contributed by atoms with Crippen LogP contribution < -0.4 is 16.4 Å². The Morgan fingerprint density at radius 2 is 2.31 bits per heavy atom. The van der Waals surface area contributed by atoms with Gasteiger partial charge in [0.15, 0.2) is 5.82 Å². The molecule has 0 bridgehead atoms. The summed E-state index contributed by atoms with van der Waals surface area (Å²) in [5, 5.41) is 5.89. The highest BCUT2D eigenvalue weighted by atomic mass is 16.2. The zero-order valence-electron chi connectivity index (χ0n) is 8.94. The molecule has 0 unspecified atom stereocenters. The van der Waals surface area contributed by atoms with Crippen molar-refractivity contribution in [2.24, 2.45) is 5.92 Å². The lowest BCUT2D eigenvalue weighted by Gasteiger charge is -2.08. The van der Waals surface area contributed by atoms with E-state index in [4.69, 9.17) is 5.73 Å². The van der Waals surface area contributed by atoms with Crippen LogP contribution in [0.5, 0.6) is 0 Å². The van der Waals surface area contributed by atoms with Crippen molar-refractivity contribution >= 4 is 17.4 Å². The highest BCUT2D eigenvalue weighted by Gasteiger charge is 2.28. The van der Waals surface area contributed by atoms with Crippen molar-refractivity contribution < 1.29 is 4.79 Å². The molecule has 1 aromatic rings. The zero-order chi connectivity index (χ0) is 11.4. The van der Waals surface area contributed by atoms with Crippen molar-refractivity contribution in [3.63, 3.8) is 0 Å². The highest BCUT2D eigenvalue weighted by molar-refractivity contribution is 5.80. The number of rotatable bonds is 5. The molecule has 86 valence electrons. The van der Waals surface area contributed by atoms with Crippen LogP contribution in [0.3, 0.4) is 0 Å². The summed E-state index contributed by atoms with van der Waals surface area (Å²) in [6, 6.07) is 0. The molecule has 0 spiro atoms. The second kappa shape index (κ2) is 4.78. The van der Waals surface area contributed by atoms with E-state index in [-0.39, 0.29) is 11.8 Å². The Bertz CT molecular complexity index is 377. The van der Waals surface area contributed by atoms with E-state index in [0.717, 1.165) is 12.8 Å². The zero-order valence-corrected chi connectivity index (χ0v) is 8.94. The Hall–Kier alpha value is -1.85. The van der Waals surface area contributed by atoms with E-state index in [9.17, 15) is 4.79 Å². The predicted octanol–water partition coefficient (Wildman–Crippen LogP) is -0.00310. The van der Waals surface area contributed by atoms with Gasteiger partial charge in [0.1, 0.15) is 6.33 Å². The smallest absolute Gasteiger partial charge is 0.223 e. The molecule has 0 atom stereocenters. The number of hydrogen-bond acceptors (Lipinski definition) is 5. The predicted molar refractivity (Wildman–Crippen MR) is 60.7 cm³/mol. The molecule has 0 radical (unpaired) electrons. The lowest BCUT2D eigenvalue weighted by atomic mass is 10.4. The van der Waals surface area contributed by atoms with Crippen molar-refractivity contribution in [1.29, 1.82) is 0 Å². The van der Waals surface area contributed by atoms with Crippen LogP contribution in [-0.2, 0) is 4.79 Å². The molecule has 2 rings (SSSR count). The Kier molecular flexibility index (Phi) is 3.19. The first-order valence-corrected chi connectivity index (χ1v) is 5.34. The normalized spacial score (nSPS) is 14.5. The minimum absolute atomic E-state index is 0.150. The summed E-state index contributed by atoms with van der Waals surface area (Å²) in [6.07, 6.45) is 5.02. The molecule has 1 amide bonds. The first-order chi connectivity index (χ1) is 7.77.